The lowest BCUT2D eigenvalue weighted by Crippen LogP contribution is -2.52. The van der Waals surface area contributed by atoms with Crippen molar-refractivity contribution in [3.8, 4) is 0 Å². The lowest BCUT2D eigenvalue weighted by Gasteiger charge is -2.21. The second-order valence-electron chi connectivity index (χ2n) is 5.69. The van der Waals surface area contributed by atoms with E-state index < -0.39 is 36.4 Å². The Labute approximate surface area is 131 Å². The molecule has 8 nitrogen and oxygen atoms in total. The molecule has 0 spiro atoms. The van der Waals surface area contributed by atoms with E-state index in [-0.39, 0.29) is 5.92 Å². The van der Waals surface area contributed by atoms with Gasteiger partial charge in [0.1, 0.15) is 12.6 Å². The zero-order valence-corrected chi connectivity index (χ0v) is 13.3. The maximum Gasteiger partial charge on any atom is 0.322 e. The summed E-state index contributed by atoms with van der Waals surface area (Å²) in [7, 11) is 0. The quantitative estimate of drug-likeness (QED) is 0.314. The van der Waals surface area contributed by atoms with Crippen LogP contribution in [0.4, 0.5) is 0 Å². The molecule has 7 N–H and O–H groups in total. The largest absolute Gasteiger partial charge is 0.480 e. The van der Waals surface area contributed by atoms with Crippen molar-refractivity contribution in [1.29, 1.82) is 0 Å². The van der Waals surface area contributed by atoms with Crippen LogP contribution in [-0.2, 0) is 14.4 Å². The number of carboxylic acids is 1. The van der Waals surface area contributed by atoms with Gasteiger partial charge < -0.3 is 27.2 Å². The van der Waals surface area contributed by atoms with Gasteiger partial charge in [0, 0.05) is 0 Å². The number of amides is 2. The van der Waals surface area contributed by atoms with Crippen LogP contribution >= 0.6 is 0 Å². The molecule has 0 aliphatic rings. The van der Waals surface area contributed by atoms with Gasteiger partial charge in [-0.1, -0.05) is 13.8 Å². The van der Waals surface area contributed by atoms with Crippen LogP contribution in [0, 0.1) is 5.92 Å². The fraction of sp³-hybridized carbons (Fsp3) is 0.786. The molecule has 22 heavy (non-hydrogen) atoms. The first kappa shape index (κ1) is 20.3. The molecule has 0 bridgehead atoms. The summed E-state index contributed by atoms with van der Waals surface area (Å²) >= 11 is 0. The van der Waals surface area contributed by atoms with Crippen molar-refractivity contribution < 1.29 is 19.5 Å². The minimum Gasteiger partial charge on any atom is -0.480 e. The Hall–Kier alpha value is -1.67. The Bertz CT molecular complexity index is 374. The number of nitrogens with one attached hydrogen (secondary N) is 2. The summed E-state index contributed by atoms with van der Waals surface area (Å²) in [5.41, 5.74) is 11.2. The zero-order valence-electron chi connectivity index (χ0n) is 13.3. The molecule has 0 fully saturated rings. The van der Waals surface area contributed by atoms with E-state index >= 15 is 0 Å². The van der Waals surface area contributed by atoms with Crippen molar-refractivity contribution in [2.45, 2.75) is 51.6 Å². The third-order valence-electron chi connectivity index (χ3n) is 3.06. The molecule has 0 radical (unpaired) electrons. The minimum atomic E-state index is -1.14. The maximum absolute atomic E-state index is 12.0. The van der Waals surface area contributed by atoms with E-state index in [9.17, 15) is 14.4 Å². The third-order valence-corrected chi connectivity index (χ3v) is 3.06. The average molecular weight is 316 g/mol. The smallest absolute Gasteiger partial charge is 0.322 e. The van der Waals surface area contributed by atoms with Crippen molar-refractivity contribution in [3.05, 3.63) is 0 Å². The average Bonchev–Trinajstić information content (AvgIpc) is 2.42. The van der Waals surface area contributed by atoms with E-state index in [4.69, 9.17) is 16.6 Å². The minimum absolute atomic E-state index is 0.261. The molecule has 0 aromatic carbocycles. The monoisotopic (exact) mass is 316 g/mol. The van der Waals surface area contributed by atoms with Crippen molar-refractivity contribution in [1.82, 2.24) is 10.6 Å². The summed E-state index contributed by atoms with van der Waals surface area (Å²) in [6.07, 6.45) is 2.28. The van der Waals surface area contributed by atoms with Crippen LogP contribution in [0.3, 0.4) is 0 Å². The number of carbonyl (C=O) groups excluding carboxylic acids is 2. The van der Waals surface area contributed by atoms with Crippen LogP contribution < -0.4 is 22.1 Å². The Kier molecular flexibility index (Phi) is 10.1. The van der Waals surface area contributed by atoms with E-state index in [1.807, 2.05) is 13.8 Å². The summed E-state index contributed by atoms with van der Waals surface area (Å²) in [6.45, 7) is 3.90. The van der Waals surface area contributed by atoms with Crippen LogP contribution in [0.25, 0.3) is 0 Å². The molecule has 2 atom stereocenters. The number of aliphatic carboxylic acids is 1. The van der Waals surface area contributed by atoms with Crippen LogP contribution in [0.2, 0.25) is 0 Å². The normalized spacial score (nSPS) is 13.5. The molecule has 0 saturated heterocycles. The molecular weight excluding hydrogens is 288 g/mol. The van der Waals surface area contributed by atoms with Crippen LogP contribution in [0.1, 0.15) is 39.5 Å². The zero-order chi connectivity index (χ0) is 17.1. The Morgan fingerprint density at radius 2 is 1.77 bits per heavy atom. The van der Waals surface area contributed by atoms with E-state index in [1.54, 1.807) is 0 Å². The second-order valence-corrected chi connectivity index (χ2v) is 5.69. The van der Waals surface area contributed by atoms with Gasteiger partial charge in [-0.3, -0.25) is 14.4 Å². The highest BCUT2D eigenvalue weighted by molar-refractivity contribution is 5.90. The topological polar surface area (TPSA) is 148 Å². The molecule has 0 aromatic heterocycles. The number of hydrogen-bond donors (Lipinski definition) is 5. The molecule has 2 amide bonds. The molecule has 0 unspecified atom stereocenters. The first-order valence-electron chi connectivity index (χ1n) is 7.53. The van der Waals surface area contributed by atoms with E-state index in [1.165, 1.54) is 0 Å². The number of carbonyl (C=O) groups is 3. The number of carboxylic acid groups (broad SMARTS) is 1. The molecule has 0 aliphatic heterocycles. The van der Waals surface area contributed by atoms with Gasteiger partial charge in [0.05, 0.1) is 6.04 Å². The highest BCUT2D eigenvalue weighted by atomic mass is 16.4. The molecule has 0 heterocycles. The summed E-state index contributed by atoms with van der Waals surface area (Å²) < 4.78 is 0. The Morgan fingerprint density at radius 1 is 1.14 bits per heavy atom. The van der Waals surface area contributed by atoms with Gasteiger partial charge in [-0.25, -0.2) is 0 Å². The van der Waals surface area contributed by atoms with Crippen molar-refractivity contribution in [3.63, 3.8) is 0 Å². The number of nitrogens with two attached hydrogens (primary N) is 2. The maximum atomic E-state index is 12.0. The van der Waals surface area contributed by atoms with Gasteiger partial charge in [-0.05, 0) is 38.1 Å². The predicted molar refractivity (Wildman–Crippen MR) is 82.9 cm³/mol. The number of hydrogen-bond acceptors (Lipinski definition) is 5. The molecule has 0 rings (SSSR count). The standard InChI is InChI=1S/C14H28N4O4/c1-9(2)7-10(16)13(21)18-11(5-3-4-6-15)14(22)17-8-12(19)20/h9-11H,3-8,15-16H2,1-2H3,(H,17,22)(H,18,21)(H,19,20)/t10-,11-/m0/s1. The SMILES string of the molecule is CC(C)C[C@H](N)C(=O)N[C@@H](CCCCN)C(=O)NCC(=O)O. The van der Waals surface area contributed by atoms with Gasteiger partial charge in [0.2, 0.25) is 11.8 Å². The lowest BCUT2D eigenvalue weighted by molar-refractivity contribution is -0.138. The van der Waals surface area contributed by atoms with E-state index in [0.717, 1.165) is 6.42 Å². The number of rotatable bonds is 11. The fourth-order valence-electron chi connectivity index (χ4n) is 1.94. The third kappa shape index (κ3) is 9.30. The lowest BCUT2D eigenvalue weighted by atomic mass is 10.0. The first-order chi connectivity index (χ1) is 10.3. The van der Waals surface area contributed by atoms with Crippen molar-refractivity contribution >= 4 is 17.8 Å². The van der Waals surface area contributed by atoms with Gasteiger partial charge in [-0.2, -0.15) is 0 Å². The Morgan fingerprint density at radius 3 is 2.27 bits per heavy atom. The second kappa shape index (κ2) is 11.0. The predicted octanol–water partition coefficient (Wildman–Crippen LogP) is -0.826. The highest BCUT2D eigenvalue weighted by Crippen LogP contribution is 2.05. The van der Waals surface area contributed by atoms with Crippen molar-refractivity contribution in [2.75, 3.05) is 13.1 Å². The van der Waals surface area contributed by atoms with Crippen LogP contribution in [-0.4, -0.2) is 48.1 Å². The molecule has 0 aliphatic carbocycles. The van der Waals surface area contributed by atoms with Gasteiger partial charge >= 0.3 is 5.97 Å². The van der Waals surface area contributed by atoms with Crippen LogP contribution in [0.15, 0.2) is 0 Å². The van der Waals surface area contributed by atoms with Gasteiger partial charge in [-0.15, -0.1) is 0 Å². The highest BCUT2D eigenvalue weighted by Gasteiger charge is 2.24. The summed E-state index contributed by atoms with van der Waals surface area (Å²) in [6, 6.07) is -1.49. The molecule has 128 valence electrons. The molecular formula is C14H28N4O4. The summed E-state index contributed by atoms with van der Waals surface area (Å²) in [5, 5.41) is 13.5. The Balaban J connectivity index is 4.59. The molecule has 0 aromatic rings. The number of unbranched alkanes of at least 4 members (excludes halogenated alkanes) is 1. The van der Waals surface area contributed by atoms with Gasteiger partial charge in [0.15, 0.2) is 0 Å². The molecule has 0 saturated carbocycles. The summed E-state index contributed by atoms with van der Waals surface area (Å²) in [5.74, 6) is -1.81. The summed E-state index contributed by atoms with van der Waals surface area (Å²) in [4.78, 5) is 34.5. The fourth-order valence-corrected chi connectivity index (χ4v) is 1.94. The van der Waals surface area contributed by atoms with Crippen LogP contribution in [0.5, 0.6) is 0 Å². The van der Waals surface area contributed by atoms with E-state index in [0.29, 0.717) is 25.8 Å². The van der Waals surface area contributed by atoms with E-state index in [2.05, 4.69) is 10.6 Å². The first-order valence-corrected chi connectivity index (χ1v) is 7.53. The van der Waals surface area contributed by atoms with Crippen molar-refractivity contribution in [2.24, 2.45) is 17.4 Å². The molecule has 8 heteroatoms. The van der Waals surface area contributed by atoms with Gasteiger partial charge in [0.25, 0.3) is 0 Å².